The van der Waals surface area contributed by atoms with E-state index in [4.69, 9.17) is 9.47 Å². The molecule has 1 atom stereocenters. The van der Waals surface area contributed by atoms with E-state index in [1.54, 1.807) is 0 Å². The Labute approximate surface area is 172 Å². The summed E-state index contributed by atoms with van der Waals surface area (Å²) < 4.78 is 11.1. The Morgan fingerprint density at radius 1 is 1.10 bits per heavy atom. The van der Waals surface area contributed by atoms with Gasteiger partial charge in [0.1, 0.15) is 5.75 Å². The molecule has 1 heterocycles. The molecule has 0 saturated carbocycles. The molecule has 1 saturated heterocycles. The third-order valence-corrected chi connectivity index (χ3v) is 5.37. The molecule has 2 N–H and O–H groups in total. The number of nitrogens with one attached hydrogen (secondary N) is 1. The fraction of sp³-hybridized carbons (Fsp3) is 0.435. The largest absolute Gasteiger partial charge is 0.483 e. The van der Waals surface area contributed by atoms with E-state index in [1.165, 1.54) is 0 Å². The molecule has 1 amide bonds. The van der Waals surface area contributed by atoms with Gasteiger partial charge in [0.05, 0.1) is 19.3 Å². The molecule has 29 heavy (non-hydrogen) atoms. The van der Waals surface area contributed by atoms with Crippen LogP contribution in [0.3, 0.4) is 0 Å². The summed E-state index contributed by atoms with van der Waals surface area (Å²) in [4.78, 5) is 14.4. The third-order valence-electron chi connectivity index (χ3n) is 5.37. The molecule has 0 spiro atoms. The van der Waals surface area contributed by atoms with Crippen molar-refractivity contribution in [2.45, 2.75) is 26.9 Å². The molecule has 3 rings (SSSR count). The average molecular weight is 399 g/mol. The Bertz CT molecular complexity index is 830. The first-order chi connectivity index (χ1) is 14.0. The van der Waals surface area contributed by atoms with Crippen LogP contribution in [-0.4, -0.2) is 50.5 Å². The number of aliphatic hydroxyl groups is 1. The molecule has 1 unspecified atom stereocenters. The zero-order valence-electron chi connectivity index (χ0n) is 17.4. The number of hydrogen-bond acceptors (Lipinski definition) is 5. The van der Waals surface area contributed by atoms with Gasteiger partial charge < -0.3 is 24.8 Å². The molecule has 0 radical (unpaired) electrons. The van der Waals surface area contributed by atoms with E-state index in [0.717, 1.165) is 60.0 Å². The van der Waals surface area contributed by atoms with Gasteiger partial charge in [0.2, 0.25) is 0 Å². The fourth-order valence-corrected chi connectivity index (χ4v) is 3.39. The van der Waals surface area contributed by atoms with Crippen molar-refractivity contribution >= 4 is 11.6 Å². The number of rotatable bonds is 7. The van der Waals surface area contributed by atoms with Crippen LogP contribution in [0.25, 0.3) is 0 Å². The van der Waals surface area contributed by atoms with Gasteiger partial charge in [-0.15, -0.1) is 0 Å². The predicted octanol–water partition coefficient (Wildman–Crippen LogP) is 2.68. The van der Waals surface area contributed by atoms with E-state index in [0.29, 0.717) is 0 Å². The van der Waals surface area contributed by atoms with Crippen LogP contribution in [0, 0.1) is 20.8 Å². The van der Waals surface area contributed by atoms with Gasteiger partial charge in [0.25, 0.3) is 5.91 Å². The van der Waals surface area contributed by atoms with Crippen molar-refractivity contribution in [2.75, 3.05) is 44.4 Å². The first kappa shape index (κ1) is 21.1. The number of aryl methyl sites for hydroxylation is 2. The number of nitrogens with zero attached hydrogens (tertiary/aromatic N) is 1. The minimum absolute atomic E-state index is 0.0756. The molecule has 1 fully saturated rings. The van der Waals surface area contributed by atoms with Crippen LogP contribution in [-0.2, 0) is 9.53 Å². The fourth-order valence-electron chi connectivity index (χ4n) is 3.39. The van der Waals surface area contributed by atoms with Crippen LogP contribution in [0.4, 0.5) is 5.69 Å². The van der Waals surface area contributed by atoms with E-state index >= 15 is 0 Å². The van der Waals surface area contributed by atoms with Crippen molar-refractivity contribution in [1.29, 1.82) is 0 Å². The number of amides is 1. The maximum atomic E-state index is 12.2. The SMILES string of the molecule is Cc1ccc(C)c(OCC(=O)NCC(O)c2ccc(N3CCOCC3)cc2)c1C. The van der Waals surface area contributed by atoms with Crippen molar-refractivity contribution in [3.63, 3.8) is 0 Å². The standard InChI is InChI=1S/C23H30N2O4/c1-16-4-5-17(2)23(18(16)3)29-15-22(27)24-14-21(26)19-6-8-20(9-7-19)25-10-12-28-13-11-25/h4-9,21,26H,10-15H2,1-3H3,(H,24,27). The molecule has 156 valence electrons. The maximum absolute atomic E-state index is 12.2. The Morgan fingerprint density at radius 2 is 1.76 bits per heavy atom. The lowest BCUT2D eigenvalue weighted by atomic mass is 10.1. The summed E-state index contributed by atoms with van der Waals surface area (Å²) in [7, 11) is 0. The van der Waals surface area contributed by atoms with E-state index < -0.39 is 6.10 Å². The zero-order valence-corrected chi connectivity index (χ0v) is 17.4. The lowest BCUT2D eigenvalue weighted by molar-refractivity contribution is -0.123. The molecule has 0 bridgehead atoms. The second-order valence-corrected chi connectivity index (χ2v) is 7.45. The second kappa shape index (κ2) is 9.76. The molecule has 0 aliphatic carbocycles. The van der Waals surface area contributed by atoms with Crippen LogP contribution in [0.1, 0.15) is 28.4 Å². The molecule has 2 aromatic carbocycles. The lowest BCUT2D eigenvalue weighted by Crippen LogP contribution is -2.36. The molecule has 0 aromatic heterocycles. The van der Waals surface area contributed by atoms with Crippen LogP contribution in [0.15, 0.2) is 36.4 Å². The van der Waals surface area contributed by atoms with E-state index in [2.05, 4.69) is 10.2 Å². The minimum Gasteiger partial charge on any atom is -0.483 e. The van der Waals surface area contributed by atoms with Crippen LogP contribution in [0.5, 0.6) is 5.75 Å². The first-order valence-corrected chi connectivity index (χ1v) is 10.0. The predicted molar refractivity (Wildman–Crippen MR) is 114 cm³/mol. The summed E-state index contributed by atoms with van der Waals surface area (Å²) in [6.45, 7) is 9.25. The van der Waals surface area contributed by atoms with Crippen molar-refractivity contribution in [1.82, 2.24) is 5.32 Å². The number of morpholine rings is 1. The molecule has 1 aliphatic rings. The highest BCUT2D eigenvalue weighted by atomic mass is 16.5. The Balaban J connectivity index is 1.48. The summed E-state index contributed by atoms with van der Waals surface area (Å²) in [5.74, 6) is 0.494. The van der Waals surface area contributed by atoms with Crippen molar-refractivity contribution in [3.8, 4) is 5.75 Å². The summed E-state index contributed by atoms with van der Waals surface area (Å²) >= 11 is 0. The number of benzene rings is 2. The molecular weight excluding hydrogens is 368 g/mol. The lowest BCUT2D eigenvalue weighted by Gasteiger charge is -2.29. The zero-order chi connectivity index (χ0) is 20.8. The molecular formula is C23H30N2O4. The van der Waals surface area contributed by atoms with Crippen molar-refractivity contribution in [3.05, 3.63) is 58.7 Å². The summed E-state index contributed by atoms with van der Waals surface area (Å²) in [6, 6.07) is 11.8. The quantitative estimate of drug-likeness (QED) is 0.750. The Hall–Kier alpha value is -2.57. The average Bonchev–Trinajstić information content (AvgIpc) is 2.75. The van der Waals surface area contributed by atoms with Gasteiger partial charge in [-0.2, -0.15) is 0 Å². The van der Waals surface area contributed by atoms with Gasteiger partial charge in [0.15, 0.2) is 6.61 Å². The first-order valence-electron chi connectivity index (χ1n) is 10.0. The molecule has 2 aromatic rings. The van der Waals surface area contributed by atoms with E-state index in [9.17, 15) is 9.90 Å². The van der Waals surface area contributed by atoms with Crippen LogP contribution in [0.2, 0.25) is 0 Å². The number of anilines is 1. The van der Waals surface area contributed by atoms with E-state index in [-0.39, 0.29) is 19.1 Å². The van der Waals surface area contributed by atoms with Crippen LogP contribution < -0.4 is 15.0 Å². The van der Waals surface area contributed by atoms with Gasteiger partial charge in [0, 0.05) is 25.3 Å². The second-order valence-electron chi connectivity index (χ2n) is 7.45. The summed E-state index contributed by atoms with van der Waals surface area (Å²) in [5, 5.41) is 13.1. The molecule has 6 heteroatoms. The highest BCUT2D eigenvalue weighted by molar-refractivity contribution is 5.77. The maximum Gasteiger partial charge on any atom is 0.258 e. The summed E-state index contributed by atoms with van der Waals surface area (Å²) in [6.07, 6.45) is -0.764. The highest BCUT2D eigenvalue weighted by Gasteiger charge is 2.14. The third kappa shape index (κ3) is 5.49. The van der Waals surface area contributed by atoms with Gasteiger partial charge in [-0.25, -0.2) is 0 Å². The number of ether oxygens (including phenoxy) is 2. The van der Waals surface area contributed by atoms with Crippen molar-refractivity contribution < 1.29 is 19.4 Å². The van der Waals surface area contributed by atoms with Gasteiger partial charge in [-0.1, -0.05) is 24.3 Å². The topological polar surface area (TPSA) is 71.0 Å². The highest BCUT2D eigenvalue weighted by Crippen LogP contribution is 2.25. The smallest absolute Gasteiger partial charge is 0.258 e. The van der Waals surface area contributed by atoms with Gasteiger partial charge >= 0.3 is 0 Å². The number of hydrogen-bond donors (Lipinski definition) is 2. The van der Waals surface area contributed by atoms with E-state index in [1.807, 2.05) is 57.2 Å². The minimum atomic E-state index is -0.764. The number of carbonyl (C=O) groups excluding carboxylic acids is 1. The molecule has 6 nitrogen and oxygen atoms in total. The van der Waals surface area contributed by atoms with Crippen LogP contribution >= 0.6 is 0 Å². The van der Waals surface area contributed by atoms with Gasteiger partial charge in [-0.3, -0.25) is 4.79 Å². The van der Waals surface area contributed by atoms with Crippen molar-refractivity contribution in [2.24, 2.45) is 0 Å². The normalized spacial score (nSPS) is 15.1. The Morgan fingerprint density at radius 3 is 2.45 bits per heavy atom. The number of aliphatic hydroxyl groups excluding tert-OH is 1. The van der Waals surface area contributed by atoms with Gasteiger partial charge in [-0.05, 0) is 55.2 Å². The summed E-state index contributed by atoms with van der Waals surface area (Å²) in [5.41, 5.74) is 5.06. The Kier molecular flexibility index (Phi) is 7.12. The number of carbonyl (C=O) groups is 1. The monoisotopic (exact) mass is 398 g/mol. The molecule has 1 aliphatic heterocycles.